The van der Waals surface area contributed by atoms with E-state index in [0.29, 0.717) is 18.9 Å². The Kier molecular flexibility index (Phi) is 12.1. The number of hydrogen-bond acceptors (Lipinski definition) is 5. The van der Waals surface area contributed by atoms with Gasteiger partial charge in [-0.25, -0.2) is 12.8 Å². The molecule has 0 aliphatic carbocycles. The van der Waals surface area contributed by atoms with Gasteiger partial charge in [0.25, 0.3) is 10.0 Å². The predicted molar refractivity (Wildman–Crippen MR) is 182 cm³/mol. The zero-order chi connectivity index (χ0) is 34.0. The van der Waals surface area contributed by atoms with E-state index in [-0.39, 0.29) is 35.4 Å². The van der Waals surface area contributed by atoms with Crippen LogP contribution >= 0.6 is 0 Å². The van der Waals surface area contributed by atoms with Crippen molar-refractivity contribution in [2.75, 3.05) is 24.0 Å². The molecule has 0 radical (unpaired) electrons. The lowest BCUT2D eigenvalue weighted by Crippen LogP contribution is -2.53. The number of ether oxygens (including phenoxy) is 1. The Bertz CT molecular complexity index is 1730. The first-order valence-corrected chi connectivity index (χ1v) is 17.1. The summed E-state index contributed by atoms with van der Waals surface area (Å²) in [7, 11) is -4.35. The molecule has 1 atom stereocenters. The lowest BCUT2D eigenvalue weighted by atomic mass is 10.0. The molecule has 0 heterocycles. The number of aryl methyl sites for hydroxylation is 1. The van der Waals surface area contributed by atoms with Crippen molar-refractivity contribution in [3.05, 3.63) is 126 Å². The molecule has 4 rings (SSSR count). The van der Waals surface area contributed by atoms with Crippen LogP contribution in [0.15, 0.2) is 108 Å². The van der Waals surface area contributed by atoms with Crippen molar-refractivity contribution in [3.63, 3.8) is 0 Å². The number of carbonyl (C=O) groups excluding carboxylic acids is 2. The zero-order valence-corrected chi connectivity index (χ0v) is 28.0. The van der Waals surface area contributed by atoms with Crippen molar-refractivity contribution >= 4 is 27.5 Å². The van der Waals surface area contributed by atoms with Gasteiger partial charge in [-0.3, -0.25) is 13.9 Å². The standard InChI is InChI=1S/C37H42FN3O5S/c1-5-46-33-19-17-32(18-20-33)41(47(44,45)34-21-15-31(38)16-22-34)26-36(42)40(25-30-14-10-9-11-28(30)4)35(37(43)39-24-27(2)3)23-29-12-7-6-8-13-29/h6-22,27,35H,5,23-26H2,1-4H3,(H,39,43)/t35-/m1/s1. The van der Waals surface area contributed by atoms with Crippen LogP contribution in [0.5, 0.6) is 5.75 Å². The van der Waals surface area contributed by atoms with Gasteiger partial charge in [-0.2, -0.15) is 0 Å². The van der Waals surface area contributed by atoms with Crippen LogP contribution in [0.2, 0.25) is 0 Å². The van der Waals surface area contributed by atoms with Crippen LogP contribution in [0.1, 0.15) is 37.5 Å². The summed E-state index contributed by atoms with van der Waals surface area (Å²) in [6, 6.07) is 26.8. The number of sulfonamides is 1. The van der Waals surface area contributed by atoms with Gasteiger partial charge >= 0.3 is 0 Å². The van der Waals surface area contributed by atoms with E-state index in [0.717, 1.165) is 33.1 Å². The second kappa shape index (κ2) is 16.2. The van der Waals surface area contributed by atoms with Gasteiger partial charge in [-0.15, -0.1) is 0 Å². The highest BCUT2D eigenvalue weighted by molar-refractivity contribution is 7.92. The maximum atomic E-state index is 14.6. The number of amides is 2. The van der Waals surface area contributed by atoms with Crippen LogP contribution in [0.3, 0.4) is 0 Å². The molecule has 1 N–H and O–H groups in total. The van der Waals surface area contributed by atoms with Crippen molar-refractivity contribution in [2.24, 2.45) is 5.92 Å². The Balaban J connectivity index is 1.80. The van der Waals surface area contributed by atoms with Crippen LogP contribution in [0, 0.1) is 18.7 Å². The van der Waals surface area contributed by atoms with Crippen molar-refractivity contribution in [2.45, 2.75) is 51.6 Å². The summed E-state index contributed by atoms with van der Waals surface area (Å²) >= 11 is 0. The highest BCUT2D eigenvalue weighted by Crippen LogP contribution is 2.27. The Morgan fingerprint density at radius 2 is 1.51 bits per heavy atom. The molecule has 4 aromatic rings. The number of hydrogen-bond donors (Lipinski definition) is 1. The Labute approximate surface area is 277 Å². The maximum Gasteiger partial charge on any atom is 0.264 e. The molecule has 0 saturated heterocycles. The third kappa shape index (κ3) is 9.42. The van der Waals surface area contributed by atoms with E-state index in [1.165, 1.54) is 17.0 Å². The van der Waals surface area contributed by atoms with Gasteiger partial charge in [0.1, 0.15) is 24.2 Å². The molecular formula is C37H42FN3O5S. The minimum Gasteiger partial charge on any atom is -0.494 e. The molecule has 10 heteroatoms. The van der Waals surface area contributed by atoms with E-state index in [2.05, 4.69) is 5.32 Å². The average Bonchev–Trinajstić information content (AvgIpc) is 3.06. The summed E-state index contributed by atoms with van der Waals surface area (Å²) in [5, 5.41) is 2.99. The molecule has 0 saturated carbocycles. The summed E-state index contributed by atoms with van der Waals surface area (Å²) in [6.07, 6.45) is 0.218. The van der Waals surface area contributed by atoms with E-state index in [1.54, 1.807) is 24.3 Å². The predicted octanol–water partition coefficient (Wildman–Crippen LogP) is 6.14. The van der Waals surface area contributed by atoms with E-state index in [9.17, 15) is 22.4 Å². The molecule has 0 spiro atoms. The molecule has 8 nitrogen and oxygen atoms in total. The fraction of sp³-hybridized carbons (Fsp3) is 0.297. The molecule has 0 bridgehead atoms. The van der Waals surface area contributed by atoms with Gasteiger partial charge < -0.3 is 15.0 Å². The first kappa shape index (κ1) is 35.2. The second-order valence-corrected chi connectivity index (χ2v) is 13.5. The summed E-state index contributed by atoms with van der Waals surface area (Å²) < 4.78 is 48.6. The largest absolute Gasteiger partial charge is 0.494 e. The Hall–Kier alpha value is -4.70. The highest BCUT2D eigenvalue weighted by Gasteiger charge is 2.35. The SMILES string of the molecule is CCOc1ccc(N(CC(=O)N(Cc2ccccc2C)[C@H](Cc2ccccc2)C(=O)NCC(C)C)S(=O)(=O)c2ccc(F)cc2)cc1. The topological polar surface area (TPSA) is 96.0 Å². The first-order chi connectivity index (χ1) is 22.5. The van der Waals surface area contributed by atoms with E-state index in [4.69, 9.17) is 4.74 Å². The zero-order valence-electron chi connectivity index (χ0n) is 27.2. The molecule has 47 heavy (non-hydrogen) atoms. The fourth-order valence-electron chi connectivity index (χ4n) is 5.09. The van der Waals surface area contributed by atoms with Gasteiger partial charge in [0.05, 0.1) is 17.2 Å². The van der Waals surface area contributed by atoms with Crippen molar-refractivity contribution in [3.8, 4) is 5.75 Å². The van der Waals surface area contributed by atoms with E-state index >= 15 is 0 Å². The molecule has 4 aromatic carbocycles. The Morgan fingerprint density at radius 3 is 2.13 bits per heavy atom. The highest BCUT2D eigenvalue weighted by atomic mass is 32.2. The minimum atomic E-state index is -4.35. The van der Waals surface area contributed by atoms with Crippen LogP contribution < -0.4 is 14.4 Å². The number of nitrogens with zero attached hydrogens (tertiary/aromatic N) is 2. The lowest BCUT2D eigenvalue weighted by Gasteiger charge is -2.34. The fourth-order valence-corrected chi connectivity index (χ4v) is 6.50. The van der Waals surface area contributed by atoms with Crippen LogP contribution in [-0.4, -0.2) is 50.9 Å². The number of benzene rings is 4. The number of anilines is 1. The normalized spacial score (nSPS) is 12.0. The van der Waals surface area contributed by atoms with Crippen molar-refractivity contribution in [1.82, 2.24) is 10.2 Å². The molecular weight excluding hydrogens is 617 g/mol. The lowest BCUT2D eigenvalue weighted by molar-refractivity contribution is -0.140. The second-order valence-electron chi connectivity index (χ2n) is 11.7. The minimum absolute atomic E-state index is 0.0752. The van der Waals surface area contributed by atoms with Gasteiger partial charge in [-0.1, -0.05) is 68.4 Å². The van der Waals surface area contributed by atoms with Crippen molar-refractivity contribution in [1.29, 1.82) is 0 Å². The summed E-state index contributed by atoms with van der Waals surface area (Å²) in [5.41, 5.74) is 2.81. The number of nitrogens with one attached hydrogen (secondary N) is 1. The third-order valence-electron chi connectivity index (χ3n) is 7.67. The number of halogens is 1. The monoisotopic (exact) mass is 659 g/mol. The summed E-state index contributed by atoms with van der Waals surface area (Å²) in [6.45, 7) is 8.03. The quantitative estimate of drug-likeness (QED) is 0.166. The molecule has 0 aliphatic rings. The van der Waals surface area contributed by atoms with E-state index < -0.39 is 34.3 Å². The van der Waals surface area contributed by atoms with Crippen LogP contribution in [0.4, 0.5) is 10.1 Å². The Morgan fingerprint density at radius 1 is 0.872 bits per heavy atom. The van der Waals surface area contributed by atoms with Gasteiger partial charge in [0.2, 0.25) is 11.8 Å². The van der Waals surface area contributed by atoms with Crippen LogP contribution in [0.25, 0.3) is 0 Å². The molecule has 248 valence electrons. The molecule has 0 aromatic heterocycles. The smallest absolute Gasteiger partial charge is 0.264 e. The molecule has 0 unspecified atom stereocenters. The third-order valence-corrected chi connectivity index (χ3v) is 9.46. The van der Waals surface area contributed by atoms with Gasteiger partial charge in [0, 0.05) is 19.5 Å². The maximum absolute atomic E-state index is 14.6. The summed E-state index contributed by atoms with van der Waals surface area (Å²) in [5.74, 6) is -0.791. The van der Waals surface area contributed by atoms with Crippen LogP contribution in [-0.2, 0) is 32.6 Å². The van der Waals surface area contributed by atoms with Gasteiger partial charge in [-0.05, 0) is 85.0 Å². The summed E-state index contributed by atoms with van der Waals surface area (Å²) in [4.78, 5) is 29.8. The average molecular weight is 660 g/mol. The number of carbonyl (C=O) groups is 2. The van der Waals surface area contributed by atoms with E-state index in [1.807, 2.05) is 82.3 Å². The molecule has 2 amide bonds. The first-order valence-electron chi connectivity index (χ1n) is 15.7. The molecule has 0 fully saturated rings. The van der Waals surface area contributed by atoms with Gasteiger partial charge in [0.15, 0.2) is 0 Å². The van der Waals surface area contributed by atoms with Crippen molar-refractivity contribution < 1.29 is 27.1 Å². The molecule has 0 aliphatic heterocycles. The number of rotatable bonds is 15.